The van der Waals surface area contributed by atoms with Crippen molar-refractivity contribution in [2.75, 3.05) is 11.9 Å². The summed E-state index contributed by atoms with van der Waals surface area (Å²) in [5.41, 5.74) is 7.70. The Morgan fingerprint density at radius 1 is 1.37 bits per heavy atom. The zero-order valence-electron chi connectivity index (χ0n) is 17.3. The number of nitrogens with one attached hydrogen (secondary N) is 2. The van der Waals surface area contributed by atoms with Gasteiger partial charge in [0.05, 0.1) is 5.82 Å². The van der Waals surface area contributed by atoms with Crippen molar-refractivity contribution in [3.05, 3.63) is 48.6 Å². The van der Waals surface area contributed by atoms with Crippen molar-refractivity contribution in [1.29, 1.82) is 0 Å². The van der Waals surface area contributed by atoms with Crippen molar-refractivity contribution in [1.82, 2.24) is 15.2 Å². The molecule has 2 fully saturated rings. The molecule has 1 aliphatic carbocycles. The lowest BCUT2D eigenvalue weighted by Gasteiger charge is -2.32. The summed E-state index contributed by atoms with van der Waals surface area (Å²) in [6, 6.07) is 1.51. The molecule has 0 aromatic carbocycles. The number of hydrogen-bond donors (Lipinski definition) is 3. The van der Waals surface area contributed by atoms with Gasteiger partial charge < -0.3 is 21.3 Å². The van der Waals surface area contributed by atoms with Crippen LogP contribution in [-0.2, 0) is 0 Å². The Hall–Kier alpha value is -2.16. The molecule has 4 N–H and O–H groups in total. The fourth-order valence-corrected chi connectivity index (χ4v) is 4.16. The number of anilines is 1. The van der Waals surface area contributed by atoms with Crippen molar-refractivity contribution in [2.45, 2.75) is 56.8 Å². The van der Waals surface area contributed by atoms with E-state index in [2.05, 4.69) is 35.7 Å². The van der Waals surface area contributed by atoms with E-state index in [0.29, 0.717) is 23.0 Å². The Labute approximate surface area is 177 Å². The summed E-state index contributed by atoms with van der Waals surface area (Å²) in [4.78, 5) is 5.69. The number of nitrogens with zero attached hydrogens (tertiary/aromatic N) is 2. The third-order valence-electron chi connectivity index (χ3n) is 6.18. The maximum Gasteiger partial charge on any atom is 0.410 e. The second-order valence-corrected chi connectivity index (χ2v) is 8.45. The molecular formula is C21H29BF3N5. The first-order valence-electron chi connectivity index (χ1n) is 10.3. The van der Waals surface area contributed by atoms with Crippen LogP contribution in [0.5, 0.6) is 0 Å². The highest BCUT2D eigenvalue weighted by Crippen LogP contribution is 2.33. The molecule has 1 aromatic rings. The van der Waals surface area contributed by atoms with Gasteiger partial charge in [0.15, 0.2) is 0 Å². The molecule has 1 aliphatic heterocycles. The average molecular weight is 419 g/mol. The summed E-state index contributed by atoms with van der Waals surface area (Å²) in [6.07, 6.45) is 1.68. The van der Waals surface area contributed by atoms with E-state index in [1.165, 1.54) is 17.7 Å². The van der Waals surface area contributed by atoms with Gasteiger partial charge in [-0.1, -0.05) is 32.9 Å². The first-order chi connectivity index (χ1) is 14.1. The minimum atomic E-state index is -4.37. The van der Waals surface area contributed by atoms with E-state index in [-0.39, 0.29) is 18.4 Å². The monoisotopic (exact) mass is 419 g/mol. The van der Waals surface area contributed by atoms with Crippen molar-refractivity contribution in [2.24, 2.45) is 17.6 Å². The molecule has 0 spiro atoms. The molecule has 1 saturated carbocycles. The minimum Gasteiger partial charge on any atom is -0.359 e. The van der Waals surface area contributed by atoms with E-state index in [4.69, 9.17) is 13.6 Å². The van der Waals surface area contributed by atoms with Gasteiger partial charge in [0.1, 0.15) is 19.7 Å². The first kappa shape index (κ1) is 22.5. The van der Waals surface area contributed by atoms with Crippen LogP contribution < -0.4 is 16.4 Å². The fourth-order valence-electron chi connectivity index (χ4n) is 4.16. The summed E-state index contributed by atoms with van der Waals surface area (Å²) in [5.74, 6) is 0.987. The predicted molar refractivity (Wildman–Crippen MR) is 113 cm³/mol. The maximum absolute atomic E-state index is 13.0. The number of pyridine rings is 1. The van der Waals surface area contributed by atoms with Crippen LogP contribution in [0.1, 0.15) is 44.1 Å². The highest BCUT2D eigenvalue weighted by Gasteiger charge is 2.45. The Morgan fingerprint density at radius 2 is 2.03 bits per heavy atom. The maximum atomic E-state index is 13.0. The van der Waals surface area contributed by atoms with Gasteiger partial charge in [-0.15, -0.1) is 0 Å². The third-order valence-corrected chi connectivity index (χ3v) is 6.18. The molecular weight excluding hydrogens is 390 g/mol. The SMILES string of the molecule is [B]C(c1ccnc(NC(=C)[C@@H](N)C2CCC(C)CC2)c1)N1CC(C(F)(F)F)NC1=C. The van der Waals surface area contributed by atoms with Gasteiger partial charge in [-0.2, -0.15) is 13.2 Å². The highest BCUT2D eigenvalue weighted by atomic mass is 19.4. The number of halogens is 3. The van der Waals surface area contributed by atoms with Crippen LogP contribution in [0.15, 0.2) is 43.0 Å². The number of nitrogens with two attached hydrogens (primary N) is 1. The average Bonchev–Trinajstić information content (AvgIpc) is 3.10. The molecule has 162 valence electrons. The molecule has 3 rings (SSSR count). The van der Waals surface area contributed by atoms with Crippen LogP contribution in [0.2, 0.25) is 0 Å². The Kier molecular flexibility index (Phi) is 6.70. The minimum absolute atomic E-state index is 0.147. The number of hydrogen-bond acceptors (Lipinski definition) is 5. The van der Waals surface area contributed by atoms with Crippen molar-refractivity contribution < 1.29 is 13.2 Å². The lowest BCUT2D eigenvalue weighted by atomic mass is 9.79. The van der Waals surface area contributed by atoms with Gasteiger partial charge >= 0.3 is 6.18 Å². The molecule has 0 bridgehead atoms. The van der Waals surface area contributed by atoms with Gasteiger partial charge in [0, 0.05) is 30.4 Å². The molecule has 1 aromatic heterocycles. The van der Waals surface area contributed by atoms with E-state index < -0.39 is 18.2 Å². The number of rotatable bonds is 6. The van der Waals surface area contributed by atoms with Gasteiger partial charge in [-0.05, 0) is 42.4 Å². The molecule has 0 amide bonds. The Morgan fingerprint density at radius 3 is 2.63 bits per heavy atom. The molecule has 2 heterocycles. The second-order valence-electron chi connectivity index (χ2n) is 8.45. The fraction of sp³-hybridized carbons (Fsp3) is 0.571. The predicted octanol–water partition coefficient (Wildman–Crippen LogP) is 3.64. The normalized spacial score (nSPS) is 26.8. The third kappa shape index (κ3) is 5.12. The quantitative estimate of drug-likeness (QED) is 0.615. The summed E-state index contributed by atoms with van der Waals surface area (Å²) in [5, 5.41) is 5.52. The van der Waals surface area contributed by atoms with Crippen LogP contribution in [0.25, 0.3) is 0 Å². The van der Waals surface area contributed by atoms with E-state index in [1.807, 2.05) is 0 Å². The molecule has 1 saturated heterocycles. The zero-order valence-corrected chi connectivity index (χ0v) is 17.3. The highest BCUT2D eigenvalue weighted by molar-refractivity contribution is 6.12. The van der Waals surface area contributed by atoms with Crippen LogP contribution in [0.4, 0.5) is 19.0 Å². The van der Waals surface area contributed by atoms with Crippen molar-refractivity contribution in [3.8, 4) is 0 Å². The van der Waals surface area contributed by atoms with E-state index in [1.54, 1.807) is 18.3 Å². The van der Waals surface area contributed by atoms with Crippen LogP contribution in [-0.4, -0.2) is 42.5 Å². The van der Waals surface area contributed by atoms with E-state index >= 15 is 0 Å². The molecule has 5 nitrogen and oxygen atoms in total. The molecule has 2 aliphatic rings. The van der Waals surface area contributed by atoms with Crippen LogP contribution >= 0.6 is 0 Å². The van der Waals surface area contributed by atoms with Crippen LogP contribution in [0, 0.1) is 11.8 Å². The van der Waals surface area contributed by atoms with E-state index in [0.717, 1.165) is 18.8 Å². The standard InChI is InChI=1S/C21H29BF3N5/c1-12-4-6-15(7-5-12)19(26)13(2)28-18-10-16(8-9-27-18)20(22)30-11-17(21(23,24)25)29-14(30)3/h8-10,12,15,17,19-20,29H,2-7,11,26H2,1H3,(H,27,28)/t12?,15?,17?,19-,20?/m1/s1. The van der Waals surface area contributed by atoms with Gasteiger partial charge in [-0.25, -0.2) is 4.98 Å². The smallest absolute Gasteiger partial charge is 0.359 e. The molecule has 3 atom stereocenters. The van der Waals surface area contributed by atoms with Gasteiger partial charge in [0.25, 0.3) is 0 Å². The lowest BCUT2D eigenvalue weighted by molar-refractivity contribution is -0.150. The first-order valence-corrected chi connectivity index (χ1v) is 10.3. The van der Waals surface area contributed by atoms with E-state index in [9.17, 15) is 13.2 Å². The Balaban J connectivity index is 1.64. The summed E-state index contributed by atoms with van der Waals surface area (Å²) >= 11 is 0. The number of aromatic nitrogens is 1. The largest absolute Gasteiger partial charge is 0.410 e. The lowest BCUT2D eigenvalue weighted by Crippen LogP contribution is -2.39. The number of alkyl halides is 3. The second kappa shape index (κ2) is 8.92. The van der Waals surface area contributed by atoms with Gasteiger partial charge in [0.2, 0.25) is 0 Å². The molecule has 9 heteroatoms. The summed E-state index contributed by atoms with van der Waals surface area (Å²) in [7, 11) is 6.24. The zero-order chi connectivity index (χ0) is 22.1. The topological polar surface area (TPSA) is 66.2 Å². The van der Waals surface area contributed by atoms with Crippen LogP contribution in [0.3, 0.4) is 0 Å². The molecule has 2 unspecified atom stereocenters. The summed E-state index contributed by atoms with van der Waals surface area (Å²) in [6.45, 7) is 9.71. The van der Waals surface area contributed by atoms with Crippen molar-refractivity contribution >= 4 is 13.7 Å². The summed E-state index contributed by atoms with van der Waals surface area (Å²) < 4.78 is 39.1. The molecule has 2 radical (unpaired) electrons. The van der Waals surface area contributed by atoms with Crippen molar-refractivity contribution in [3.63, 3.8) is 0 Å². The van der Waals surface area contributed by atoms with Gasteiger partial charge in [-0.3, -0.25) is 0 Å². The molecule has 30 heavy (non-hydrogen) atoms. The Bertz CT molecular complexity index is 776.